The van der Waals surface area contributed by atoms with Gasteiger partial charge in [0.05, 0.1) is 0 Å². The summed E-state index contributed by atoms with van der Waals surface area (Å²) in [5, 5.41) is 5.06. The number of fused-ring (bicyclic) bond motifs is 1. The van der Waals surface area contributed by atoms with Crippen molar-refractivity contribution in [1.29, 1.82) is 0 Å². The second-order valence-corrected chi connectivity index (χ2v) is 8.09. The van der Waals surface area contributed by atoms with Gasteiger partial charge < -0.3 is 10.2 Å². The minimum Gasteiger partial charge on any atom is -0.334 e. The zero-order chi connectivity index (χ0) is 19.7. The summed E-state index contributed by atoms with van der Waals surface area (Å²) >= 11 is 1.76. The summed E-state index contributed by atoms with van der Waals surface area (Å²) in [7, 11) is 0. The lowest BCUT2D eigenvalue weighted by Gasteiger charge is -2.28. The van der Waals surface area contributed by atoms with E-state index >= 15 is 0 Å². The molecule has 0 saturated heterocycles. The zero-order valence-electron chi connectivity index (χ0n) is 16.0. The lowest BCUT2D eigenvalue weighted by atomic mass is 10.0. The molecule has 3 aromatic rings. The molecule has 4 rings (SSSR count). The quantitative estimate of drug-likeness (QED) is 0.697. The Kier molecular flexibility index (Phi) is 5.01. The van der Waals surface area contributed by atoms with Crippen LogP contribution in [0.5, 0.6) is 0 Å². The van der Waals surface area contributed by atoms with Crippen LogP contribution in [0.25, 0.3) is 0 Å². The average molecular weight is 391 g/mol. The minimum atomic E-state index is -0.160. The molecule has 5 heteroatoms. The highest BCUT2D eigenvalue weighted by Gasteiger charge is 2.24. The van der Waals surface area contributed by atoms with E-state index in [9.17, 15) is 9.59 Å². The van der Waals surface area contributed by atoms with Crippen molar-refractivity contribution >= 4 is 28.8 Å². The van der Waals surface area contributed by atoms with Crippen LogP contribution >= 0.6 is 11.3 Å². The van der Waals surface area contributed by atoms with E-state index in [0.717, 1.165) is 24.1 Å². The summed E-state index contributed by atoms with van der Waals surface area (Å²) in [6, 6.07) is 15.1. The number of hydrogen-bond acceptors (Lipinski definition) is 3. The average Bonchev–Trinajstić information content (AvgIpc) is 3.17. The van der Waals surface area contributed by atoms with Gasteiger partial charge >= 0.3 is 0 Å². The fourth-order valence-corrected chi connectivity index (χ4v) is 4.50. The van der Waals surface area contributed by atoms with Crippen LogP contribution in [0, 0.1) is 13.8 Å². The Morgan fingerprint density at radius 1 is 1.00 bits per heavy atom. The molecular formula is C23H22N2O2S. The molecule has 28 heavy (non-hydrogen) atoms. The van der Waals surface area contributed by atoms with Gasteiger partial charge in [0.1, 0.15) is 0 Å². The molecule has 0 aliphatic carbocycles. The van der Waals surface area contributed by atoms with Crippen molar-refractivity contribution in [3.8, 4) is 0 Å². The smallest absolute Gasteiger partial charge is 0.255 e. The monoisotopic (exact) mass is 390 g/mol. The number of carbonyl (C=O) groups excluding carboxylic acids is 2. The fraction of sp³-hybridized carbons (Fsp3) is 0.217. The largest absolute Gasteiger partial charge is 0.334 e. The van der Waals surface area contributed by atoms with Gasteiger partial charge in [0.25, 0.3) is 11.8 Å². The molecule has 0 saturated carbocycles. The predicted octanol–water partition coefficient (Wildman–Crippen LogP) is 4.82. The molecule has 0 spiro atoms. The van der Waals surface area contributed by atoms with Crippen LogP contribution in [0.15, 0.2) is 53.9 Å². The molecule has 0 bridgehead atoms. The van der Waals surface area contributed by atoms with Crippen molar-refractivity contribution in [3.63, 3.8) is 0 Å². The van der Waals surface area contributed by atoms with Crippen molar-refractivity contribution in [2.45, 2.75) is 26.8 Å². The molecule has 0 atom stereocenters. The van der Waals surface area contributed by atoms with Crippen molar-refractivity contribution in [1.82, 2.24) is 4.90 Å². The van der Waals surface area contributed by atoms with Crippen molar-refractivity contribution < 1.29 is 9.59 Å². The number of amides is 2. The molecular weight excluding hydrogens is 368 g/mol. The molecule has 1 aliphatic rings. The van der Waals surface area contributed by atoms with Gasteiger partial charge in [-0.1, -0.05) is 24.3 Å². The van der Waals surface area contributed by atoms with Gasteiger partial charge in [0.2, 0.25) is 0 Å². The Morgan fingerprint density at radius 2 is 1.79 bits per heavy atom. The van der Waals surface area contributed by atoms with Gasteiger partial charge in [0.15, 0.2) is 0 Å². The Hall–Kier alpha value is -2.92. The number of hydrogen-bond donors (Lipinski definition) is 1. The molecule has 0 fully saturated rings. The minimum absolute atomic E-state index is 0.0151. The van der Waals surface area contributed by atoms with E-state index in [1.807, 2.05) is 55.1 Å². The molecule has 2 heterocycles. The number of aryl methyl sites for hydroxylation is 1. The van der Waals surface area contributed by atoms with E-state index < -0.39 is 0 Å². The van der Waals surface area contributed by atoms with Crippen molar-refractivity contribution in [3.05, 3.63) is 86.6 Å². The highest BCUT2D eigenvalue weighted by molar-refractivity contribution is 7.10. The van der Waals surface area contributed by atoms with Crippen LogP contribution in [0.4, 0.5) is 5.69 Å². The van der Waals surface area contributed by atoms with Crippen molar-refractivity contribution in [2.24, 2.45) is 0 Å². The molecule has 2 aromatic carbocycles. The first kappa shape index (κ1) is 18.4. The lowest BCUT2D eigenvalue weighted by Crippen LogP contribution is -2.35. The van der Waals surface area contributed by atoms with E-state index in [0.29, 0.717) is 23.4 Å². The van der Waals surface area contributed by atoms with E-state index in [4.69, 9.17) is 0 Å². The third-order valence-corrected chi connectivity index (χ3v) is 6.32. The van der Waals surface area contributed by atoms with Gasteiger partial charge in [-0.25, -0.2) is 0 Å². The van der Waals surface area contributed by atoms with E-state index in [-0.39, 0.29) is 11.8 Å². The molecule has 0 unspecified atom stereocenters. The number of thiophene rings is 1. The zero-order valence-corrected chi connectivity index (χ0v) is 16.8. The number of anilines is 1. The number of benzene rings is 2. The van der Waals surface area contributed by atoms with Crippen LogP contribution in [-0.2, 0) is 13.0 Å². The van der Waals surface area contributed by atoms with Crippen LogP contribution in [-0.4, -0.2) is 23.3 Å². The molecule has 2 amide bonds. The number of nitrogens with one attached hydrogen (secondary N) is 1. The van der Waals surface area contributed by atoms with Gasteiger partial charge in [-0.2, -0.15) is 0 Å². The van der Waals surface area contributed by atoms with Crippen LogP contribution in [0.3, 0.4) is 0 Å². The standard InChI is InChI=1S/C23H22N2O2S/c1-15-6-3-4-7-18(15)22(26)24-20-9-5-8-19(16(20)2)23(27)25-12-10-21-17(14-25)11-13-28-21/h3-9,11,13H,10,12,14H2,1-2H3,(H,24,26). The lowest BCUT2D eigenvalue weighted by molar-refractivity contribution is 0.0735. The van der Waals surface area contributed by atoms with Gasteiger partial charge in [0, 0.05) is 34.8 Å². The molecule has 1 aromatic heterocycles. The highest BCUT2D eigenvalue weighted by atomic mass is 32.1. The Morgan fingerprint density at radius 3 is 2.61 bits per heavy atom. The first-order chi connectivity index (χ1) is 13.5. The van der Waals surface area contributed by atoms with Crippen LogP contribution in [0.1, 0.15) is 42.3 Å². The maximum atomic E-state index is 13.1. The fourth-order valence-electron chi connectivity index (χ4n) is 3.61. The number of carbonyl (C=O) groups is 2. The Labute approximate surface area is 168 Å². The SMILES string of the molecule is Cc1ccccc1C(=O)Nc1cccc(C(=O)N2CCc3sccc3C2)c1C. The first-order valence-corrected chi connectivity index (χ1v) is 10.2. The second kappa shape index (κ2) is 7.60. The normalized spacial score (nSPS) is 13.1. The highest BCUT2D eigenvalue weighted by Crippen LogP contribution is 2.27. The topological polar surface area (TPSA) is 49.4 Å². The second-order valence-electron chi connectivity index (χ2n) is 7.09. The summed E-state index contributed by atoms with van der Waals surface area (Å²) in [5.41, 5.74) is 4.91. The third-order valence-electron chi connectivity index (χ3n) is 5.30. The van der Waals surface area contributed by atoms with Gasteiger partial charge in [-0.3, -0.25) is 9.59 Å². The van der Waals surface area contributed by atoms with Crippen molar-refractivity contribution in [2.75, 3.05) is 11.9 Å². The molecule has 4 nitrogen and oxygen atoms in total. The Balaban J connectivity index is 1.56. The molecule has 0 radical (unpaired) electrons. The maximum absolute atomic E-state index is 13.1. The third kappa shape index (κ3) is 3.45. The molecule has 142 valence electrons. The number of rotatable bonds is 3. The first-order valence-electron chi connectivity index (χ1n) is 9.35. The van der Waals surface area contributed by atoms with Crippen LogP contribution < -0.4 is 5.32 Å². The van der Waals surface area contributed by atoms with E-state index in [1.54, 1.807) is 17.4 Å². The molecule has 1 aliphatic heterocycles. The molecule has 1 N–H and O–H groups in total. The Bertz CT molecular complexity index is 1050. The summed E-state index contributed by atoms with van der Waals surface area (Å²) in [5.74, 6) is -0.145. The predicted molar refractivity (Wildman–Crippen MR) is 113 cm³/mol. The van der Waals surface area contributed by atoms with Gasteiger partial charge in [-0.15, -0.1) is 11.3 Å². The van der Waals surface area contributed by atoms with Gasteiger partial charge in [-0.05, 0) is 66.6 Å². The summed E-state index contributed by atoms with van der Waals surface area (Å²) in [4.78, 5) is 29.1. The summed E-state index contributed by atoms with van der Waals surface area (Å²) in [6.45, 7) is 5.18. The maximum Gasteiger partial charge on any atom is 0.255 e. The van der Waals surface area contributed by atoms with E-state index in [1.165, 1.54) is 10.4 Å². The van der Waals surface area contributed by atoms with E-state index in [2.05, 4.69) is 16.8 Å². The summed E-state index contributed by atoms with van der Waals surface area (Å²) in [6.07, 6.45) is 0.904. The number of nitrogens with zero attached hydrogens (tertiary/aromatic N) is 1. The summed E-state index contributed by atoms with van der Waals surface area (Å²) < 4.78 is 0. The van der Waals surface area contributed by atoms with Crippen LogP contribution in [0.2, 0.25) is 0 Å².